The molecule has 2 fully saturated rings. The number of nitrogens with zero attached hydrogens (tertiary/aromatic N) is 3. The van der Waals surface area contributed by atoms with E-state index in [1.165, 1.54) is 38.8 Å². The van der Waals surface area contributed by atoms with Gasteiger partial charge in [-0.25, -0.2) is 9.97 Å². The van der Waals surface area contributed by atoms with E-state index in [1.807, 2.05) is 0 Å². The van der Waals surface area contributed by atoms with Crippen LogP contribution in [0.5, 0.6) is 0 Å². The molecule has 2 saturated heterocycles. The lowest BCUT2D eigenvalue weighted by Gasteiger charge is -2.35. The molecule has 2 unspecified atom stereocenters. The molecule has 0 amide bonds. The van der Waals surface area contributed by atoms with Crippen LogP contribution in [0.1, 0.15) is 51.0 Å². The molecular weight excluding hydrogens is 250 g/mol. The van der Waals surface area contributed by atoms with Crippen molar-refractivity contribution in [1.82, 2.24) is 14.9 Å². The van der Waals surface area contributed by atoms with Crippen LogP contribution in [0, 0.1) is 0 Å². The Labute approximate surface area is 121 Å². The van der Waals surface area contributed by atoms with Gasteiger partial charge in [0.2, 0.25) is 0 Å². The third-order valence-corrected chi connectivity index (χ3v) is 4.65. The van der Waals surface area contributed by atoms with Gasteiger partial charge < -0.3 is 16.0 Å². The number of hydrogen-bond acceptors (Lipinski definition) is 5. The van der Waals surface area contributed by atoms with Gasteiger partial charge in [0.05, 0.1) is 0 Å². The van der Waals surface area contributed by atoms with Crippen molar-refractivity contribution in [2.45, 2.75) is 57.5 Å². The molecule has 0 saturated carbocycles. The highest BCUT2D eigenvalue weighted by Crippen LogP contribution is 2.31. The molecule has 3 N–H and O–H groups in total. The SMILES string of the molecule is CC(C)c1c(N)ncnc1NC1CCN2CCCC2C1. The van der Waals surface area contributed by atoms with Gasteiger partial charge in [-0.1, -0.05) is 13.8 Å². The molecule has 0 aromatic carbocycles. The molecule has 5 heteroatoms. The Morgan fingerprint density at radius 2 is 2.15 bits per heavy atom. The molecule has 1 aromatic rings. The zero-order chi connectivity index (χ0) is 14.1. The predicted molar refractivity (Wildman–Crippen MR) is 81.8 cm³/mol. The Kier molecular flexibility index (Phi) is 3.78. The van der Waals surface area contributed by atoms with Crippen molar-refractivity contribution in [1.29, 1.82) is 0 Å². The number of aromatic nitrogens is 2. The summed E-state index contributed by atoms with van der Waals surface area (Å²) >= 11 is 0. The molecule has 3 heterocycles. The number of hydrogen-bond donors (Lipinski definition) is 2. The minimum absolute atomic E-state index is 0.338. The molecule has 3 rings (SSSR count). The standard InChI is InChI=1S/C15H25N5/c1-10(2)13-14(16)17-9-18-15(13)19-11-5-7-20-6-3-4-12(20)8-11/h9-12H,3-8H2,1-2H3,(H3,16,17,18,19). The molecule has 5 nitrogen and oxygen atoms in total. The molecule has 2 atom stereocenters. The van der Waals surface area contributed by atoms with Crippen molar-refractivity contribution in [3.05, 3.63) is 11.9 Å². The summed E-state index contributed by atoms with van der Waals surface area (Å²) in [6.45, 7) is 6.77. The Morgan fingerprint density at radius 1 is 1.30 bits per heavy atom. The highest BCUT2D eigenvalue weighted by molar-refractivity contribution is 5.57. The van der Waals surface area contributed by atoms with Crippen molar-refractivity contribution in [2.24, 2.45) is 0 Å². The highest BCUT2D eigenvalue weighted by Gasteiger charge is 2.32. The Morgan fingerprint density at radius 3 is 2.95 bits per heavy atom. The molecule has 20 heavy (non-hydrogen) atoms. The summed E-state index contributed by atoms with van der Waals surface area (Å²) in [4.78, 5) is 11.2. The Balaban J connectivity index is 1.73. The van der Waals surface area contributed by atoms with Crippen LogP contribution in [0.2, 0.25) is 0 Å². The van der Waals surface area contributed by atoms with Gasteiger partial charge in [0.15, 0.2) is 0 Å². The first-order valence-corrected chi connectivity index (χ1v) is 7.76. The van der Waals surface area contributed by atoms with Gasteiger partial charge >= 0.3 is 0 Å². The molecule has 110 valence electrons. The van der Waals surface area contributed by atoms with Crippen LogP contribution < -0.4 is 11.1 Å². The van der Waals surface area contributed by atoms with Crippen LogP contribution in [0.25, 0.3) is 0 Å². The normalized spacial score (nSPS) is 26.8. The molecule has 0 spiro atoms. The predicted octanol–water partition coefficient (Wildman–Crippen LogP) is 2.22. The summed E-state index contributed by atoms with van der Waals surface area (Å²) in [5.41, 5.74) is 7.07. The molecular formula is C15H25N5. The van der Waals surface area contributed by atoms with Crippen LogP contribution in [-0.2, 0) is 0 Å². The number of nitrogen functional groups attached to an aromatic ring is 1. The average molecular weight is 275 g/mol. The van der Waals surface area contributed by atoms with Crippen molar-refractivity contribution >= 4 is 11.6 Å². The third-order valence-electron chi connectivity index (χ3n) is 4.65. The Hall–Kier alpha value is -1.36. The van der Waals surface area contributed by atoms with E-state index < -0.39 is 0 Å². The largest absolute Gasteiger partial charge is 0.383 e. The van der Waals surface area contributed by atoms with Crippen molar-refractivity contribution in [2.75, 3.05) is 24.1 Å². The second-order valence-electron chi connectivity index (χ2n) is 6.37. The van der Waals surface area contributed by atoms with Crippen molar-refractivity contribution in [3.63, 3.8) is 0 Å². The second-order valence-corrected chi connectivity index (χ2v) is 6.37. The summed E-state index contributed by atoms with van der Waals surface area (Å²) in [6.07, 6.45) is 6.68. The smallest absolute Gasteiger partial charge is 0.135 e. The van der Waals surface area contributed by atoms with E-state index >= 15 is 0 Å². The van der Waals surface area contributed by atoms with E-state index in [0.29, 0.717) is 17.8 Å². The van der Waals surface area contributed by atoms with Crippen LogP contribution in [0.15, 0.2) is 6.33 Å². The fourth-order valence-corrected chi connectivity index (χ4v) is 3.64. The zero-order valence-corrected chi connectivity index (χ0v) is 12.5. The lowest BCUT2D eigenvalue weighted by Crippen LogP contribution is -2.43. The maximum atomic E-state index is 6.01. The monoisotopic (exact) mass is 275 g/mol. The molecule has 1 aromatic heterocycles. The lowest BCUT2D eigenvalue weighted by molar-refractivity contribution is 0.188. The molecule has 0 radical (unpaired) electrons. The van der Waals surface area contributed by atoms with E-state index in [4.69, 9.17) is 5.73 Å². The maximum absolute atomic E-state index is 6.01. The summed E-state index contributed by atoms with van der Waals surface area (Å²) in [7, 11) is 0. The number of anilines is 2. The first kappa shape index (κ1) is 13.6. The van der Waals surface area contributed by atoms with Gasteiger partial charge in [-0.2, -0.15) is 0 Å². The van der Waals surface area contributed by atoms with Gasteiger partial charge in [0.25, 0.3) is 0 Å². The number of fused-ring (bicyclic) bond motifs is 1. The minimum Gasteiger partial charge on any atom is -0.383 e. The quantitative estimate of drug-likeness (QED) is 0.885. The number of nitrogens with two attached hydrogens (primary N) is 1. The molecule has 0 bridgehead atoms. The second kappa shape index (κ2) is 5.56. The summed E-state index contributed by atoms with van der Waals surface area (Å²) in [6, 6.07) is 1.28. The first-order chi connectivity index (χ1) is 9.65. The van der Waals surface area contributed by atoms with E-state index in [9.17, 15) is 0 Å². The minimum atomic E-state index is 0.338. The zero-order valence-electron chi connectivity index (χ0n) is 12.5. The van der Waals surface area contributed by atoms with Gasteiger partial charge in [-0.15, -0.1) is 0 Å². The topological polar surface area (TPSA) is 67.1 Å². The van der Waals surface area contributed by atoms with Crippen molar-refractivity contribution < 1.29 is 0 Å². The van der Waals surface area contributed by atoms with Crippen LogP contribution in [0.4, 0.5) is 11.6 Å². The van der Waals surface area contributed by atoms with Crippen LogP contribution in [0.3, 0.4) is 0 Å². The van der Waals surface area contributed by atoms with Gasteiger partial charge in [0.1, 0.15) is 18.0 Å². The van der Waals surface area contributed by atoms with Crippen LogP contribution >= 0.6 is 0 Å². The summed E-state index contributed by atoms with van der Waals surface area (Å²) in [5, 5.41) is 3.63. The van der Waals surface area contributed by atoms with Gasteiger partial charge in [0, 0.05) is 24.2 Å². The van der Waals surface area contributed by atoms with Crippen molar-refractivity contribution in [3.8, 4) is 0 Å². The first-order valence-electron chi connectivity index (χ1n) is 7.76. The average Bonchev–Trinajstić information content (AvgIpc) is 2.85. The maximum Gasteiger partial charge on any atom is 0.135 e. The molecule has 0 aliphatic carbocycles. The van der Waals surface area contributed by atoms with Crippen LogP contribution in [-0.4, -0.2) is 40.0 Å². The fourth-order valence-electron chi connectivity index (χ4n) is 3.64. The fraction of sp³-hybridized carbons (Fsp3) is 0.733. The Bertz CT molecular complexity index is 473. The van der Waals surface area contributed by atoms with E-state index in [1.54, 1.807) is 6.33 Å². The number of rotatable bonds is 3. The molecule has 2 aliphatic heterocycles. The lowest BCUT2D eigenvalue weighted by atomic mass is 9.97. The van der Waals surface area contributed by atoms with Gasteiger partial charge in [-0.3, -0.25) is 0 Å². The molecule has 2 aliphatic rings. The van der Waals surface area contributed by atoms with E-state index in [0.717, 1.165) is 17.4 Å². The van der Waals surface area contributed by atoms with Gasteiger partial charge in [-0.05, 0) is 38.1 Å². The number of piperidine rings is 1. The highest BCUT2D eigenvalue weighted by atomic mass is 15.2. The van der Waals surface area contributed by atoms with E-state index in [-0.39, 0.29) is 0 Å². The summed E-state index contributed by atoms with van der Waals surface area (Å²) in [5.74, 6) is 1.88. The van der Waals surface area contributed by atoms with E-state index in [2.05, 4.69) is 34.0 Å². The third kappa shape index (κ3) is 2.59. The number of nitrogens with one attached hydrogen (secondary N) is 1. The summed E-state index contributed by atoms with van der Waals surface area (Å²) < 4.78 is 0.